The van der Waals surface area contributed by atoms with E-state index >= 15 is 0 Å². The molecule has 2 aliphatic rings. The number of hydrogen-bond donors (Lipinski definition) is 1. The molecule has 1 saturated heterocycles. The molecule has 1 aromatic rings. The van der Waals surface area contributed by atoms with Gasteiger partial charge < -0.3 is 10.0 Å². The molecule has 1 heterocycles. The number of aromatic hydroxyl groups is 1. The van der Waals surface area contributed by atoms with E-state index in [-0.39, 0.29) is 0 Å². The van der Waals surface area contributed by atoms with Crippen LogP contribution in [0.2, 0.25) is 0 Å². The van der Waals surface area contributed by atoms with Crippen molar-refractivity contribution in [1.29, 1.82) is 0 Å². The second kappa shape index (κ2) is 2.99. The predicted octanol–water partition coefficient (Wildman–Crippen LogP) is 2.13. The second-order valence-electron chi connectivity index (χ2n) is 5.14. The number of nitrogens with zero attached hydrogens (tertiary/aromatic N) is 1. The molecule has 2 fully saturated rings. The van der Waals surface area contributed by atoms with Gasteiger partial charge in [-0.3, -0.25) is 0 Å². The van der Waals surface area contributed by atoms with Gasteiger partial charge >= 0.3 is 0 Å². The van der Waals surface area contributed by atoms with Gasteiger partial charge in [0.25, 0.3) is 0 Å². The average Bonchev–Trinajstić information content (AvgIpc) is 2.76. The number of rotatable bonds is 1. The van der Waals surface area contributed by atoms with Gasteiger partial charge in [0, 0.05) is 18.0 Å². The summed E-state index contributed by atoms with van der Waals surface area (Å²) in [5, 5.41) is 9.55. The molecule has 0 spiro atoms. The zero-order chi connectivity index (χ0) is 10.5. The highest BCUT2D eigenvalue weighted by Crippen LogP contribution is 2.49. The standard InChI is InChI=1S/C13H17NO/c1-14-9-13(6-5-11(14)8-13)10-3-2-4-12(15)7-10/h2-4,7,11,15H,5-6,8-9H2,1H3. The quantitative estimate of drug-likeness (QED) is 0.755. The minimum atomic E-state index is 0.332. The molecule has 1 aliphatic carbocycles. The van der Waals surface area contributed by atoms with Gasteiger partial charge in [0.1, 0.15) is 5.75 Å². The first-order chi connectivity index (χ1) is 7.20. The molecule has 0 aromatic heterocycles. The normalized spacial score (nSPS) is 34.9. The highest BCUT2D eigenvalue weighted by molar-refractivity contribution is 5.36. The van der Waals surface area contributed by atoms with Crippen LogP contribution in [-0.4, -0.2) is 29.6 Å². The van der Waals surface area contributed by atoms with Crippen LogP contribution in [0, 0.1) is 0 Å². The number of benzene rings is 1. The van der Waals surface area contributed by atoms with Gasteiger partial charge in [-0.2, -0.15) is 0 Å². The molecule has 15 heavy (non-hydrogen) atoms. The summed E-state index contributed by atoms with van der Waals surface area (Å²) in [5.41, 5.74) is 1.66. The van der Waals surface area contributed by atoms with Crippen LogP contribution >= 0.6 is 0 Å². The lowest BCUT2D eigenvalue weighted by Crippen LogP contribution is -2.34. The maximum Gasteiger partial charge on any atom is 0.115 e. The monoisotopic (exact) mass is 203 g/mol. The summed E-state index contributed by atoms with van der Waals surface area (Å²) in [5.74, 6) is 0.403. The molecular weight excluding hydrogens is 186 g/mol. The van der Waals surface area contributed by atoms with E-state index in [1.165, 1.54) is 24.8 Å². The van der Waals surface area contributed by atoms with Gasteiger partial charge in [-0.1, -0.05) is 12.1 Å². The van der Waals surface area contributed by atoms with Crippen LogP contribution in [0.4, 0.5) is 0 Å². The summed E-state index contributed by atoms with van der Waals surface area (Å²) < 4.78 is 0. The molecule has 2 bridgehead atoms. The largest absolute Gasteiger partial charge is 0.508 e. The average molecular weight is 203 g/mol. The Labute approximate surface area is 90.5 Å². The van der Waals surface area contributed by atoms with Crippen molar-refractivity contribution < 1.29 is 5.11 Å². The molecule has 0 radical (unpaired) electrons. The number of fused-ring (bicyclic) bond motifs is 2. The maximum absolute atomic E-state index is 9.55. The first-order valence-corrected chi connectivity index (χ1v) is 5.69. The number of phenols is 1. The third-order valence-corrected chi connectivity index (χ3v) is 4.22. The fourth-order valence-electron chi connectivity index (χ4n) is 3.41. The summed E-state index contributed by atoms with van der Waals surface area (Å²) >= 11 is 0. The van der Waals surface area contributed by atoms with Gasteiger partial charge in [0.15, 0.2) is 0 Å². The molecule has 2 heteroatoms. The highest BCUT2D eigenvalue weighted by Gasteiger charge is 2.48. The fourth-order valence-corrected chi connectivity index (χ4v) is 3.41. The van der Waals surface area contributed by atoms with Crippen molar-refractivity contribution in [2.45, 2.75) is 30.7 Å². The van der Waals surface area contributed by atoms with Crippen LogP contribution < -0.4 is 0 Å². The second-order valence-corrected chi connectivity index (χ2v) is 5.14. The Morgan fingerprint density at radius 1 is 1.47 bits per heavy atom. The van der Waals surface area contributed by atoms with Gasteiger partial charge in [-0.15, -0.1) is 0 Å². The first kappa shape index (κ1) is 9.22. The van der Waals surface area contributed by atoms with E-state index in [0.717, 1.165) is 12.6 Å². The molecule has 0 amide bonds. The third-order valence-electron chi connectivity index (χ3n) is 4.22. The van der Waals surface area contributed by atoms with E-state index < -0.39 is 0 Å². The number of likely N-dealkylation sites (tertiary alicyclic amines) is 1. The summed E-state index contributed by atoms with van der Waals surface area (Å²) in [6, 6.07) is 8.60. The summed E-state index contributed by atoms with van der Waals surface area (Å²) in [6.07, 6.45) is 3.87. The molecule has 80 valence electrons. The number of likely N-dealkylation sites (N-methyl/N-ethyl adjacent to an activating group) is 1. The van der Waals surface area contributed by atoms with Crippen LogP contribution in [0.1, 0.15) is 24.8 Å². The van der Waals surface area contributed by atoms with Crippen LogP contribution in [-0.2, 0) is 5.41 Å². The Kier molecular flexibility index (Phi) is 1.84. The minimum absolute atomic E-state index is 0.332. The van der Waals surface area contributed by atoms with Gasteiger partial charge in [-0.25, -0.2) is 0 Å². The van der Waals surface area contributed by atoms with Crippen molar-refractivity contribution in [3.63, 3.8) is 0 Å². The highest BCUT2D eigenvalue weighted by atomic mass is 16.3. The third kappa shape index (κ3) is 1.28. The van der Waals surface area contributed by atoms with Gasteiger partial charge in [0.2, 0.25) is 0 Å². The van der Waals surface area contributed by atoms with E-state index in [4.69, 9.17) is 0 Å². The van der Waals surface area contributed by atoms with Crippen molar-refractivity contribution in [2.24, 2.45) is 0 Å². The van der Waals surface area contributed by atoms with Crippen LogP contribution in [0.25, 0.3) is 0 Å². The summed E-state index contributed by atoms with van der Waals surface area (Å²) in [7, 11) is 2.22. The Balaban J connectivity index is 2.00. The van der Waals surface area contributed by atoms with E-state index in [9.17, 15) is 5.11 Å². The molecule has 1 saturated carbocycles. The van der Waals surface area contributed by atoms with Crippen molar-refractivity contribution in [3.8, 4) is 5.75 Å². The topological polar surface area (TPSA) is 23.5 Å². The molecule has 1 N–H and O–H groups in total. The Bertz CT molecular complexity index is 386. The SMILES string of the molecule is CN1CC2(c3cccc(O)c3)CCC1C2. The van der Waals surface area contributed by atoms with E-state index in [1.807, 2.05) is 12.1 Å². The number of piperidine rings is 1. The van der Waals surface area contributed by atoms with E-state index in [1.54, 1.807) is 6.07 Å². The lowest BCUT2D eigenvalue weighted by Gasteiger charge is -2.30. The molecule has 2 atom stereocenters. The molecule has 2 unspecified atom stereocenters. The van der Waals surface area contributed by atoms with Crippen LogP contribution in [0.3, 0.4) is 0 Å². The number of phenolic OH excluding ortho intramolecular Hbond substituents is 1. The van der Waals surface area contributed by atoms with Crippen LogP contribution in [0.15, 0.2) is 24.3 Å². The lowest BCUT2D eigenvalue weighted by atomic mass is 9.80. The van der Waals surface area contributed by atoms with Gasteiger partial charge in [-0.05, 0) is 44.0 Å². The molecule has 1 aromatic carbocycles. The Morgan fingerprint density at radius 2 is 2.33 bits per heavy atom. The number of hydrogen-bond acceptors (Lipinski definition) is 2. The maximum atomic E-state index is 9.55. The molecule has 1 aliphatic heterocycles. The predicted molar refractivity (Wildman–Crippen MR) is 60.1 cm³/mol. The van der Waals surface area contributed by atoms with Crippen molar-refractivity contribution >= 4 is 0 Å². The van der Waals surface area contributed by atoms with Crippen molar-refractivity contribution in [2.75, 3.05) is 13.6 Å². The molecular formula is C13H17NO. The van der Waals surface area contributed by atoms with Gasteiger partial charge in [0.05, 0.1) is 0 Å². The minimum Gasteiger partial charge on any atom is -0.508 e. The Hall–Kier alpha value is -1.02. The van der Waals surface area contributed by atoms with Crippen molar-refractivity contribution in [3.05, 3.63) is 29.8 Å². The van der Waals surface area contributed by atoms with Crippen LogP contribution in [0.5, 0.6) is 5.75 Å². The summed E-state index contributed by atoms with van der Waals surface area (Å²) in [4.78, 5) is 2.47. The zero-order valence-corrected chi connectivity index (χ0v) is 9.11. The summed E-state index contributed by atoms with van der Waals surface area (Å²) in [6.45, 7) is 1.15. The molecule has 3 rings (SSSR count). The zero-order valence-electron chi connectivity index (χ0n) is 9.11. The fraction of sp³-hybridized carbons (Fsp3) is 0.538. The first-order valence-electron chi connectivity index (χ1n) is 5.69. The van der Waals surface area contributed by atoms with E-state index in [0.29, 0.717) is 11.2 Å². The Morgan fingerprint density at radius 3 is 2.93 bits per heavy atom. The molecule has 2 nitrogen and oxygen atoms in total. The van der Waals surface area contributed by atoms with E-state index in [2.05, 4.69) is 18.0 Å². The van der Waals surface area contributed by atoms with Crippen molar-refractivity contribution in [1.82, 2.24) is 4.90 Å². The smallest absolute Gasteiger partial charge is 0.115 e. The lowest BCUT2D eigenvalue weighted by molar-refractivity contribution is 0.246.